The van der Waals surface area contributed by atoms with Gasteiger partial charge in [-0.25, -0.2) is 9.07 Å². The predicted molar refractivity (Wildman–Crippen MR) is 88.5 cm³/mol. The van der Waals surface area contributed by atoms with E-state index in [0.717, 1.165) is 29.2 Å². The van der Waals surface area contributed by atoms with Gasteiger partial charge >= 0.3 is 0 Å². The maximum Gasteiger partial charge on any atom is 0.222 e. The molecule has 24 heavy (non-hydrogen) atoms. The van der Waals surface area contributed by atoms with Gasteiger partial charge in [-0.15, -0.1) is 0 Å². The maximum atomic E-state index is 13.2. The van der Waals surface area contributed by atoms with Crippen molar-refractivity contribution in [3.63, 3.8) is 0 Å². The number of halogens is 1. The predicted octanol–water partition coefficient (Wildman–Crippen LogP) is 3.57. The van der Waals surface area contributed by atoms with Gasteiger partial charge < -0.3 is 10.1 Å². The molecule has 2 heterocycles. The van der Waals surface area contributed by atoms with Gasteiger partial charge in [0.05, 0.1) is 19.2 Å². The van der Waals surface area contributed by atoms with Gasteiger partial charge in [0, 0.05) is 0 Å². The van der Waals surface area contributed by atoms with E-state index in [9.17, 15) is 4.39 Å². The number of hydrogen-bond acceptors (Lipinski definition) is 4. The number of ether oxygens (including phenoxy) is 1. The van der Waals surface area contributed by atoms with Crippen LogP contribution >= 0.6 is 0 Å². The van der Waals surface area contributed by atoms with E-state index in [1.165, 1.54) is 18.5 Å². The minimum absolute atomic E-state index is 0.0106. The lowest BCUT2D eigenvalue weighted by Crippen LogP contribution is -2.28. The van der Waals surface area contributed by atoms with Gasteiger partial charge in [-0.1, -0.05) is 24.3 Å². The fourth-order valence-corrected chi connectivity index (χ4v) is 3.14. The molecular weight excluding hydrogens is 307 g/mol. The molecule has 6 heteroatoms. The Morgan fingerprint density at radius 1 is 1.08 bits per heavy atom. The zero-order chi connectivity index (χ0) is 16.5. The number of anilines is 1. The summed E-state index contributed by atoms with van der Waals surface area (Å²) in [7, 11) is 1.65. The number of nitrogens with zero attached hydrogens (tertiary/aromatic N) is 3. The SMILES string of the molecule is COc1ccc(C2CC(c3ccc(F)cc3)n3ncnc3N2)cc1. The number of methoxy groups -OCH3 is 1. The van der Waals surface area contributed by atoms with Crippen molar-refractivity contribution in [1.82, 2.24) is 14.8 Å². The van der Waals surface area contributed by atoms with Crippen LogP contribution in [0.1, 0.15) is 29.6 Å². The second-order valence-electron chi connectivity index (χ2n) is 5.80. The number of aromatic nitrogens is 3. The summed E-state index contributed by atoms with van der Waals surface area (Å²) in [6.07, 6.45) is 2.34. The Labute approximate surface area is 139 Å². The molecule has 0 aliphatic carbocycles. The zero-order valence-corrected chi connectivity index (χ0v) is 13.2. The molecule has 0 bridgehead atoms. The Bertz CT molecular complexity index is 829. The summed E-state index contributed by atoms with van der Waals surface area (Å²) in [4.78, 5) is 4.30. The van der Waals surface area contributed by atoms with Crippen LogP contribution < -0.4 is 10.1 Å². The van der Waals surface area contributed by atoms with Gasteiger partial charge in [0.15, 0.2) is 0 Å². The molecular formula is C18H17FN4O. The van der Waals surface area contributed by atoms with E-state index in [1.807, 2.05) is 41.1 Å². The molecule has 2 atom stereocenters. The van der Waals surface area contributed by atoms with Crippen LogP contribution in [0.2, 0.25) is 0 Å². The highest BCUT2D eigenvalue weighted by Crippen LogP contribution is 2.37. The normalized spacial score (nSPS) is 19.4. The fourth-order valence-electron chi connectivity index (χ4n) is 3.14. The van der Waals surface area contributed by atoms with E-state index in [4.69, 9.17) is 4.74 Å². The summed E-state index contributed by atoms with van der Waals surface area (Å²) >= 11 is 0. The molecule has 1 aromatic heterocycles. The first-order valence-electron chi connectivity index (χ1n) is 7.80. The van der Waals surface area contributed by atoms with Crippen molar-refractivity contribution < 1.29 is 9.13 Å². The lowest BCUT2D eigenvalue weighted by Gasteiger charge is -2.31. The second-order valence-corrected chi connectivity index (χ2v) is 5.80. The molecule has 1 aliphatic rings. The standard InChI is InChI=1S/C18H17FN4O/c1-24-15-8-4-12(5-9-15)16-10-17(13-2-6-14(19)7-3-13)23-18(22-16)20-11-21-23/h2-9,11,16-17H,10H2,1H3,(H,20,21,22). The van der Waals surface area contributed by atoms with Crippen LogP contribution in [0.5, 0.6) is 5.75 Å². The smallest absolute Gasteiger partial charge is 0.222 e. The van der Waals surface area contributed by atoms with Crippen molar-refractivity contribution >= 4 is 5.95 Å². The molecule has 122 valence electrons. The average molecular weight is 324 g/mol. The summed E-state index contributed by atoms with van der Waals surface area (Å²) < 4.78 is 20.3. The van der Waals surface area contributed by atoms with Crippen LogP contribution in [0, 0.1) is 5.82 Å². The van der Waals surface area contributed by atoms with Gasteiger partial charge in [-0.2, -0.15) is 10.1 Å². The van der Waals surface area contributed by atoms with Crippen molar-refractivity contribution in [1.29, 1.82) is 0 Å². The topological polar surface area (TPSA) is 52.0 Å². The van der Waals surface area contributed by atoms with Crippen molar-refractivity contribution in [3.05, 3.63) is 71.8 Å². The third-order valence-electron chi connectivity index (χ3n) is 4.40. The summed E-state index contributed by atoms with van der Waals surface area (Å²) in [6.45, 7) is 0. The molecule has 0 fully saturated rings. The molecule has 0 amide bonds. The quantitative estimate of drug-likeness (QED) is 0.800. The van der Waals surface area contributed by atoms with Gasteiger partial charge in [0.2, 0.25) is 5.95 Å². The van der Waals surface area contributed by atoms with Crippen LogP contribution in [0.15, 0.2) is 54.9 Å². The molecule has 3 aromatic rings. The van der Waals surface area contributed by atoms with Gasteiger partial charge in [0.25, 0.3) is 0 Å². The molecule has 5 nitrogen and oxygen atoms in total. The third-order valence-corrected chi connectivity index (χ3v) is 4.40. The highest BCUT2D eigenvalue weighted by atomic mass is 19.1. The van der Waals surface area contributed by atoms with E-state index in [0.29, 0.717) is 0 Å². The van der Waals surface area contributed by atoms with E-state index in [-0.39, 0.29) is 17.9 Å². The fraction of sp³-hybridized carbons (Fsp3) is 0.222. The first-order valence-corrected chi connectivity index (χ1v) is 7.80. The van der Waals surface area contributed by atoms with Crippen LogP contribution in [0.25, 0.3) is 0 Å². The molecule has 0 radical (unpaired) electrons. The first kappa shape index (κ1) is 14.7. The average Bonchev–Trinajstić information content (AvgIpc) is 3.10. The molecule has 2 unspecified atom stereocenters. The lowest BCUT2D eigenvalue weighted by atomic mass is 9.93. The van der Waals surface area contributed by atoms with Gasteiger partial charge in [-0.3, -0.25) is 0 Å². The summed E-state index contributed by atoms with van der Waals surface area (Å²) in [5, 5.41) is 7.74. The maximum absolute atomic E-state index is 13.2. The molecule has 0 saturated carbocycles. The van der Waals surface area contributed by atoms with E-state index in [1.54, 1.807) is 7.11 Å². The molecule has 0 spiro atoms. The second kappa shape index (κ2) is 5.96. The summed E-state index contributed by atoms with van der Waals surface area (Å²) in [6, 6.07) is 14.7. The van der Waals surface area contributed by atoms with Crippen LogP contribution in [-0.4, -0.2) is 21.9 Å². The number of fused-ring (bicyclic) bond motifs is 1. The number of rotatable bonds is 3. The largest absolute Gasteiger partial charge is 0.497 e. The van der Waals surface area contributed by atoms with Crippen molar-refractivity contribution in [2.24, 2.45) is 0 Å². The van der Waals surface area contributed by atoms with E-state index >= 15 is 0 Å². The van der Waals surface area contributed by atoms with Gasteiger partial charge in [-0.05, 0) is 41.8 Å². The van der Waals surface area contributed by atoms with Crippen molar-refractivity contribution in [3.8, 4) is 5.75 Å². The first-order chi connectivity index (χ1) is 11.7. The Morgan fingerprint density at radius 3 is 2.50 bits per heavy atom. The van der Waals surface area contributed by atoms with Crippen LogP contribution in [-0.2, 0) is 0 Å². The summed E-state index contributed by atoms with van der Waals surface area (Å²) in [5.74, 6) is 1.31. The molecule has 1 aliphatic heterocycles. The zero-order valence-electron chi connectivity index (χ0n) is 13.2. The van der Waals surface area contributed by atoms with E-state index < -0.39 is 0 Å². The highest BCUT2D eigenvalue weighted by molar-refractivity contribution is 5.39. The van der Waals surface area contributed by atoms with Crippen molar-refractivity contribution in [2.45, 2.75) is 18.5 Å². The Balaban J connectivity index is 1.68. The van der Waals surface area contributed by atoms with Crippen molar-refractivity contribution in [2.75, 3.05) is 12.4 Å². The highest BCUT2D eigenvalue weighted by Gasteiger charge is 2.29. The number of benzene rings is 2. The van der Waals surface area contributed by atoms with Crippen LogP contribution in [0.3, 0.4) is 0 Å². The third kappa shape index (κ3) is 2.60. The number of hydrogen-bond donors (Lipinski definition) is 1. The van der Waals surface area contributed by atoms with E-state index in [2.05, 4.69) is 15.4 Å². The Hall–Kier alpha value is -2.89. The van der Waals surface area contributed by atoms with Gasteiger partial charge in [0.1, 0.15) is 17.9 Å². The molecule has 0 saturated heterocycles. The van der Waals surface area contributed by atoms with Crippen LogP contribution in [0.4, 0.5) is 10.3 Å². The molecule has 4 rings (SSSR count). The Morgan fingerprint density at radius 2 is 1.79 bits per heavy atom. The Kier molecular flexibility index (Phi) is 3.65. The number of nitrogens with one attached hydrogen (secondary N) is 1. The minimum Gasteiger partial charge on any atom is -0.497 e. The molecule has 1 N–H and O–H groups in total. The minimum atomic E-state index is -0.238. The lowest BCUT2D eigenvalue weighted by molar-refractivity contribution is 0.413. The molecule has 2 aromatic carbocycles. The monoisotopic (exact) mass is 324 g/mol. The summed E-state index contributed by atoms with van der Waals surface area (Å²) in [5.41, 5.74) is 2.17.